The number of aliphatic hydroxyl groups is 1. The van der Waals surface area contributed by atoms with Crippen molar-refractivity contribution < 1.29 is 5.11 Å². The minimum Gasteiger partial charge on any atom is -0.387 e. The third-order valence-corrected chi connectivity index (χ3v) is 3.91. The van der Waals surface area contributed by atoms with Crippen LogP contribution in [0.5, 0.6) is 0 Å². The van der Waals surface area contributed by atoms with Crippen LogP contribution in [0.1, 0.15) is 16.8 Å². The van der Waals surface area contributed by atoms with Gasteiger partial charge in [-0.25, -0.2) is 4.98 Å². The molecule has 3 aromatic rings. The lowest BCUT2D eigenvalue weighted by Gasteiger charge is -2.07. The Kier molecular flexibility index (Phi) is 2.85. The number of para-hydroxylation sites is 2. The van der Waals surface area contributed by atoms with Gasteiger partial charge in [-0.05, 0) is 12.1 Å². The van der Waals surface area contributed by atoms with Crippen molar-refractivity contribution in [2.45, 2.75) is 12.5 Å². The van der Waals surface area contributed by atoms with Crippen molar-refractivity contribution in [2.75, 3.05) is 0 Å². The molecular formula is C13H13N3OS. The molecule has 0 spiro atoms. The first-order chi connectivity index (χ1) is 8.75. The highest BCUT2D eigenvalue weighted by Gasteiger charge is 2.15. The smallest absolute Gasteiger partial charge is 0.112 e. The molecule has 0 saturated carbocycles. The van der Waals surface area contributed by atoms with Crippen LogP contribution < -0.4 is 0 Å². The Morgan fingerprint density at radius 3 is 2.94 bits per heavy atom. The van der Waals surface area contributed by atoms with Crippen molar-refractivity contribution in [1.29, 1.82) is 0 Å². The number of hydrogen-bond donors (Lipinski definition) is 1. The van der Waals surface area contributed by atoms with Crippen molar-refractivity contribution in [1.82, 2.24) is 14.5 Å². The van der Waals surface area contributed by atoms with Gasteiger partial charge < -0.3 is 9.67 Å². The standard InChI is InChI=1S/C13H13N3OS/c1-16-10-5-3-2-4-9(10)15-13(16)6-11(17)12-7-14-8-18-12/h2-5,7-8,11,17H,6H2,1H3. The highest BCUT2D eigenvalue weighted by molar-refractivity contribution is 7.09. The molecule has 0 saturated heterocycles. The summed E-state index contributed by atoms with van der Waals surface area (Å²) >= 11 is 1.46. The molecule has 0 amide bonds. The monoisotopic (exact) mass is 259 g/mol. The highest BCUT2D eigenvalue weighted by atomic mass is 32.1. The van der Waals surface area contributed by atoms with Crippen LogP contribution in [0.3, 0.4) is 0 Å². The number of fused-ring (bicyclic) bond motifs is 1. The fourth-order valence-corrected chi connectivity index (χ4v) is 2.65. The molecule has 2 aromatic heterocycles. The Hall–Kier alpha value is -1.72. The number of aliphatic hydroxyl groups excluding tert-OH is 1. The Balaban J connectivity index is 1.93. The van der Waals surface area contributed by atoms with Gasteiger partial charge in [0.1, 0.15) is 5.82 Å². The van der Waals surface area contributed by atoms with Gasteiger partial charge in [-0.3, -0.25) is 4.98 Å². The number of hydrogen-bond acceptors (Lipinski definition) is 4. The fraction of sp³-hybridized carbons (Fsp3) is 0.231. The Bertz CT molecular complexity index is 660. The number of aryl methyl sites for hydroxylation is 1. The van der Waals surface area contributed by atoms with Gasteiger partial charge in [-0.1, -0.05) is 12.1 Å². The summed E-state index contributed by atoms with van der Waals surface area (Å²) in [5, 5.41) is 10.1. The summed E-state index contributed by atoms with van der Waals surface area (Å²) in [5.41, 5.74) is 3.78. The lowest BCUT2D eigenvalue weighted by Crippen LogP contribution is -2.05. The average molecular weight is 259 g/mol. The summed E-state index contributed by atoms with van der Waals surface area (Å²) in [6, 6.07) is 7.98. The van der Waals surface area contributed by atoms with Crippen molar-refractivity contribution in [3.05, 3.63) is 46.7 Å². The third-order valence-electron chi connectivity index (χ3n) is 3.04. The van der Waals surface area contributed by atoms with E-state index >= 15 is 0 Å². The normalized spacial score (nSPS) is 13.0. The molecule has 5 heteroatoms. The van der Waals surface area contributed by atoms with Crippen molar-refractivity contribution >= 4 is 22.4 Å². The van der Waals surface area contributed by atoms with Crippen LogP contribution in [-0.2, 0) is 13.5 Å². The van der Waals surface area contributed by atoms with Gasteiger partial charge in [0.05, 0.1) is 27.5 Å². The summed E-state index contributed by atoms with van der Waals surface area (Å²) in [5.74, 6) is 0.886. The molecule has 1 atom stereocenters. The molecule has 0 radical (unpaired) electrons. The predicted molar refractivity (Wildman–Crippen MR) is 71.5 cm³/mol. The molecule has 0 aliphatic carbocycles. The number of thiazole rings is 1. The zero-order valence-corrected chi connectivity index (χ0v) is 10.8. The van der Waals surface area contributed by atoms with Crippen LogP contribution in [0, 0.1) is 0 Å². The van der Waals surface area contributed by atoms with E-state index in [1.54, 1.807) is 11.7 Å². The van der Waals surface area contributed by atoms with Gasteiger partial charge in [0.2, 0.25) is 0 Å². The summed E-state index contributed by atoms with van der Waals surface area (Å²) in [7, 11) is 1.98. The zero-order valence-electron chi connectivity index (χ0n) is 9.95. The van der Waals surface area contributed by atoms with E-state index < -0.39 is 6.10 Å². The van der Waals surface area contributed by atoms with E-state index in [0.29, 0.717) is 6.42 Å². The number of nitrogens with zero attached hydrogens (tertiary/aromatic N) is 3. The van der Waals surface area contributed by atoms with Crippen molar-refractivity contribution in [3.63, 3.8) is 0 Å². The minimum atomic E-state index is -0.534. The van der Waals surface area contributed by atoms with Gasteiger partial charge in [0.25, 0.3) is 0 Å². The van der Waals surface area contributed by atoms with Crippen molar-refractivity contribution in [2.24, 2.45) is 7.05 Å². The molecule has 3 rings (SSSR count). The fourth-order valence-electron chi connectivity index (χ4n) is 2.04. The molecule has 1 unspecified atom stereocenters. The van der Waals surface area contributed by atoms with Gasteiger partial charge in [0, 0.05) is 19.7 Å². The van der Waals surface area contributed by atoms with E-state index in [1.807, 2.05) is 35.9 Å². The summed E-state index contributed by atoms with van der Waals surface area (Å²) in [6.07, 6.45) is 1.68. The number of imidazole rings is 1. The molecule has 0 bridgehead atoms. The SMILES string of the molecule is Cn1c(CC(O)c2cncs2)nc2ccccc21. The van der Waals surface area contributed by atoms with E-state index in [4.69, 9.17) is 0 Å². The van der Waals surface area contributed by atoms with Gasteiger partial charge in [-0.2, -0.15) is 0 Å². The molecule has 4 nitrogen and oxygen atoms in total. The molecule has 18 heavy (non-hydrogen) atoms. The molecule has 1 N–H and O–H groups in total. The van der Waals surface area contributed by atoms with Gasteiger partial charge in [-0.15, -0.1) is 11.3 Å². The lowest BCUT2D eigenvalue weighted by atomic mass is 10.2. The lowest BCUT2D eigenvalue weighted by molar-refractivity contribution is 0.178. The molecular weight excluding hydrogens is 246 g/mol. The summed E-state index contributed by atoms with van der Waals surface area (Å²) in [6.45, 7) is 0. The van der Waals surface area contributed by atoms with Crippen LogP contribution in [-0.4, -0.2) is 19.6 Å². The van der Waals surface area contributed by atoms with E-state index in [-0.39, 0.29) is 0 Å². The van der Waals surface area contributed by atoms with E-state index in [9.17, 15) is 5.11 Å². The topological polar surface area (TPSA) is 50.9 Å². The Morgan fingerprint density at radius 1 is 1.39 bits per heavy atom. The molecule has 0 aliphatic rings. The van der Waals surface area contributed by atoms with Crippen molar-refractivity contribution in [3.8, 4) is 0 Å². The van der Waals surface area contributed by atoms with Crippen LogP contribution >= 0.6 is 11.3 Å². The quantitative estimate of drug-likeness (QED) is 0.785. The largest absolute Gasteiger partial charge is 0.387 e. The molecule has 0 aliphatic heterocycles. The number of benzene rings is 1. The Morgan fingerprint density at radius 2 is 2.22 bits per heavy atom. The van der Waals surface area contributed by atoms with Crippen LogP contribution in [0.4, 0.5) is 0 Å². The third kappa shape index (κ3) is 1.91. The van der Waals surface area contributed by atoms with E-state index in [2.05, 4.69) is 9.97 Å². The molecule has 2 heterocycles. The second kappa shape index (κ2) is 4.51. The molecule has 1 aromatic carbocycles. The molecule has 0 fully saturated rings. The maximum atomic E-state index is 10.1. The maximum absolute atomic E-state index is 10.1. The van der Waals surface area contributed by atoms with Gasteiger partial charge >= 0.3 is 0 Å². The first-order valence-corrected chi connectivity index (χ1v) is 6.60. The summed E-state index contributed by atoms with van der Waals surface area (Å²) < 4.78 is 2.03. The first-order valence-electron chi connectivity index (χ1n) is 5.72. The second-order valence-corrected chi connectivity index (χ2v) is 5.12. The number of rotatable bonds is 3. The number of aromatic nitrogens is 3. The van der Waals surface area contributed by atoms with E-state index in [0.717, 1.165) is 21.7 Å². The second-order valence-electron chi connectivity index (χ2n) is 4.20. The minimum absolute atomic E-state index is 0.507. The molecule has 92 valence electrons. The van der Waals surface area contributed by atoms with Crippen LogP contribution in [0.25, 0.3) is 11.0 Å². The summed E-state index contributed by atoms with van der Waals surface area (Å²) in [4.78, 5) is 9.41. The first kappa shape index (κ1) is 11.4. The zero-order chi connectivity index (χ0) is 12.5. The van der Waals surface area contributed by atoms with E-state index in [1.165, 1.54) is 11.3 Å². The highest BCUT2D eigenvalue weighted by Crippen LogP contribution is 2.23. The van der Waals surface area contributed by atoms with Crippen LogP contribution in [0.15, 0.2) is 36.0 Å². The average Bonchev–Trinajstić information content (AvgIpc) is 3.00. The maximum Gasteiger partial charge on any atom is 0.112 e. The predicted octanol–water partition coefficient (Wildman–Crippen LogP) is 2.31. The Labute approximate surface area is 109 Å². The van der Waals surface area contributed by atoms with Crippen LogP contribution in [0.2, 0.25) is 0 Å². The van der Waals surface area contributed by atoms with Gasteiger partial charge in [0.15, 0.2) is 0 Å².